The molecule has 0 heterocycles. The Hall–Kier alpha value is -2.61. The Balaban J connectivity index is 2.34. The lowest BCUT2D eigenvalue weighted by atomic mass is 10.2. The fourth-order valence-corrected chi connectivity index (χ4v) is 1.60. The summed E-state index contributed by atoms with van der Waals surface area (Å²) in [6, 6.07) is 9.79. The highest BCUT2D eigenvalue weighted by atomic mass is 19.1. The summed E-state index contributed by atoms with van der Waals surface area (Å²) in [7, 11) is 1.40. The highest BCUT2D eigenvalue weighted by Gasteiger charge is 2.08. The first kappa shape index (κ1) is 12.8. The largest absolute Gasteiger partial charge is 0.494 e. The fourth-order valence-electron chi connectivity index (χ4n) is 1.60. The van der Waals surface area contributed by atoms with Gasteiger partial charge in [-0.05, 0) is 30.3 Å². The first-order valence-corrected chi connectivity index (χ1v) is 5.44. The van der Waals surface area contributed by atoms with Crippen LogP contribution in [0.5, 0.6) is 5.75 Å². The molecule has 0 amide bonds. The molecule has 0 aliphatic heterocycles. The van der Waals surface area contributed by atoms with Gasteiger partial charge in [0.15, 0.2) is 0 Å². The van der Waals surface area contributed by atoms with Crippen molar-refractivity contribution in [3.8, 4) is 11.8 Å². The number of rotatable bonds is 3. The monoisotopic (exact) mass is 260 g/mol. The van der Waals surface area contributed by atoms with Gasteiger partial charge in [0, 0.05) is 6.07 Å². The summed E-state index contributed by atoms with van der Waals surface area (Å²) >= 11 is 0. The van der Waals surface area contributed by atoms with Crippen molar-refractivity contribution >= 4 is 11.4 Å². The summed E-state index contributed by atoms with van der Waals surface area (Å²) in [6.07, 6.45) is 0. The molecule has 0 aliphatic carbocycles. The number of methoxy groups -OCH3 is 1. The van der Waals surface area contributed by atoms with Crippen LogP contribution in [0.3, 0.4) is 0 Å². The van der Waals surface area contributed by atoms with Gasteiger partial charge in [0.2, 0.25) is 0 Å². The van der Waals surface area contributed by atoms with Crippen molar-refractivity contribution in [2.24, 2.45) is 0 Å². The second kappa shape index (κ2) is 5.36. The van der Waals surface area contributed by atoms with E-state index in [0.717, 1.165) is 6.07 Å². The molecule has 0 bridgehead atoms. The molecule has 19 heavy (non-hydrogen) atoms. The number of halogens is 2. The van der Waals surface area contributed by atoms with Gasteiger partial charge in [-0.15, -0.1) is 0 Å². The van der Waals surface area contributed by atoms with Crippen LogP contribution in [0.4, 0.5) is 20.2 Å². The molecule has 0 spiro atoms. The Morgan fingerprint density at radius 2 is 1.84 bits per heavy atom. The molecule has 0 radical (unpaired) electrons. The van der Waals surface area contributed by atoms with Gasteiger partial charge in [-0.3, -0.25) is 0 Å². The smallest absolute Gasteiger partial charge is 0.147 e. The van der Waals surface area contributed by atoms with E-state index in [-0.39, 0.29) is 17.0 Å². The van der Waals surface area contributed by atoms with E-state index in [9.17, 15) is 8.78 Å². The van der Waals surface area contributed by atoms with Crippen LogP contribution in [-0.4, -0.2) is 7.11 Å². The SMILES string of the molecule is COc1cc(F)ccc1Nc1ccc(C#N)cc1F. The maximum atomic E-state index is 13.7. The van der Waals surface area contributed by atoms with Crippen LogP contribution >= 0.6 is 0 Å². The van der Waals surface area contributed by atoms with Gasteiger partial charge in [-0.25, -0.2) is 8.78 Å². The minimum atomic E-state index is -0.564. The zero-order valence-electron chi connectivity index (χ0n) is 10.1. The Bertz CT molecular complexity index is 650. The molecule has 96 valence electrons. The van der Waals surface area contributed by atoms with E-state index in [0.29, 0.717) is 5.69 Å². The minimum absolute atomic E-state index is 0.184. The molecule has 2 aromatic rings. The van der Waals surface area contributed by atoms with E-state index in [1.165, 1.54) is 37.4 Å². The van der Waals surface area contributed by atoms with Crippen molar-refractivity contribution in [2.75, 3.05) is 12.4 Å². The van der Waals surface area contributed by atoms with E-state index in [2.05, 4.69) is 5.32 Å². The Morgan fingerprint density at radius 3 is 2.47 bits per heavy atom. The molecule has 0 saturated heterocycles. The third-order valence-corrected chi connectivity index (χ3v) is 2.53. The maximum Gasteiger partial charge on any atom is 0.147 e. The molecule has 0 aliphatic rings. The third-order valence-electron chi connectivity index (χ3n) is 2.53. The van der Waals surface area contributed by atoms with Crippen LogP contribution in [0.1, 0.15) is 5.56 Å². The van der Waals surface area contributed by atoms with Crippen LogP contribution in [0.2, 0.25) is 0 Å². The molecule has 3 nitrogen and oxygen atoms in total. The van der Waals surface area contributed by atoms with Crippen molar-refractivity contribution < 1.29 is 13.5 Å². The van der Waals surface area contributed by atoms with Gasteiger partial charge >= 0.3 is 0 Å². The molecule has 2 rings (SSSR count). The van der Waals surface area contributed by atoms with E-state index in [1.54, 1.807) is 0 Å². The molecular formula is C14H10F2N2O. The first-order valence-electron chi connectivity index (χ1n) is 5.44. The van der Waals surface area contributed by atoms with Crippen LogP contribution in [0.25, 0.3) is 0 Å². The van der Waals surface area contributed by atoms with Gasteiger partial charge in [-0.2, -0.15) is 5.26 Å². The van der Waals surface area contributed by atoms with Crippen LogP contribution < -0.4 is 10.1 Å². The highest BCUT2D eigenvalue weighted by molar-refractivity contribution is 5.67. The standard InChI is InChI=1S/C14H10F2N2O/c1-19-14-7-10(15)3-5-13(14)18-12-4-2-9(8-17)6-11(12)16/h2-7,18H,1H3. The molecular weight excluding hydrogens is 250 g/mol. The summed E-state index contributed by atoms with van der Waals surface area (Å²) in [6.45, 7) is 0. The summed E-state index contributed by atoms with van der Waals surface area (Å²) in [5, 5.41) is 11.5. The quantitative estimate of drug-likeness (QED) is 0.917. The summed E-state index contributed by atoms with van der Waals surface area (Å²) in [5.74, 6) is -0.739. The Kier molecular flexibility index (Phi) is 3.62. The van der Waals surface area contributed by atoms with Crippen molar-refractivity contribution in [1.29, 1.82) is 5.26 Å². The highest BCUT2D eigenvalue weighted by Crippen LogP contribution is 2.29. The zero-order chi connectivity index (χ0) is 13.8. The zero-order valence-corrected chi connectivity index (χ0v) is 10.1. The van der Waals surface area contributed by atoms with Gasteiger partial charge in [0.1, 0.15) is 17.4 Å². The maximum absolute atomic E-state index is 13.7. The van der Waals surface area contributed by atoms with Gasteiger partial charge in [0.25, 0.3) is 0 Å². The second-order valence-electron chi connectivity index (χ2n) is 3.78. The first-order chi connectivity index (χ1) is 9.13. The molecule has 2 aromatic carbocycles. The van der Waals surface area contributed by atoms with E-state index in [4.69, 9.17) is 10.00 Å². The molecule has 0 aromatic heterocycles. The number of nitriles is 1. The molecule has 0 unspecified atom stereocenters. The van der Waals surface area contributed by atoms with E-state index in [1.807, 2.05) is 6.07 Å². The van der Waals surface area contributed by atoms with E-state index >= 15 is 0 Å². The van der Waals surface area contributed by atoms with Crippen molar-refractivity contribution in [2.45, 2.75) is 0 Å². The van der Waals surface area contributed by atoms with Crippen molar-refractivity contribution in [3.63, 3.8) is 0 Å². The fraction of sp³-hybridized carbons (Fsp3) is 0.0714. The Labute approximate surface area is 109 Å². The number of hydrogen-bond acceptors (Lipinski definition) is 3. The lowest BCUT2D eigenvalue weighted by Gasteiger charge is -2.11. The minimum Gasteiger partial charge on any atom is -0.494 e. The van der Waals surface area contributed by atoms with Crippen LogP contribution in [0.15, 0.2) is 36.4 Å². The number of hydrogen-bond donors (Lipinski definition) is 1. The number of nitrogens with one attached hydrogen (secondary N) is 1. The summed E-state index contributed by atoms with van der Waals surface area (Å²) < 4.78 is 31.7. The number of benzene rings is 2. The van der Waals surface area contributed by atoms with Gasteiger partial charge < -0.3 is 10.1 Å². The molecule has 0 saturated carbocycles. The number of nitrogens with zero attached hydrogens (tertiary/aromatic N) is 1. The van der Waals surface area contributed by atoms with Crippen molar-refractivity contribution in [3.05, 3.63) is 53.6 Å². The summed E-state index contributed by atoms with van der Waals surface area (Å²) in [5.41, 5.74) is 0.852. The normalized spacial score (nSPS) is 9.79. The Morgan fingerprint density at radius 1 is 1.11 bits per heavy atom. The lowest BCUT2D eigenvalue weighted by molar-refractivity contribution is 0.413. The van der Waals surface area contributed by atoms with Crippen LogP contribution in [0, 0.1) is 23.0 Å². The molecule has 5 heteroatoms. The molecule has 0 atom stereocenters. The lowest BCUT2D eigenvalue weighted by Crippen LogP contribution is -1.97. The second-order valence-corrected chi connectivity index (χ2v) is 3.78. The van der Waals surface area contributed by atoms with E-state index < -0.39 is 11.6 Å². The van der Waals surface area contributed by atoms with Crippen LogP contribution in [-0.2, 0) is 0 Å². The number of ether oxygens (including phenoxy) is 1. The average Bonchev–Trinajstić information content (AvgIpc) is 2.42. The molecule has 1 N–H and O–H groups in total. The van der Waals surface area contributed by atoms with Gasteiger partial charge in [0.05, 0.1) is 30.1 Å². The van der Waals surface area contributed by atoms with Gasteiger partial charge in [-0.1, -0.05) is 0 Å². The topological polar surface area (TPSA) is 45.0 Å². The summed E-state index contributed by atoms with van der Waals surface area (Å²) in [4.78, 5) is 0. The number of anilines is 2. The van der Waals surface area contributed by atoms with Crippen molar-refractivity contribution in [1.82, 2.24) is 0 Å². The third kappa shape index (κ3) is 2.80. The average molecular weight is 260 g/mol. The molecule has 0 fully saturated rings. The predicted molar refractivity (Wildman–Crippen MR) is 67.3 cm³/mol. The predicted octanol–water partition coefficient (Wildman–Crippen LogP) is 3.59.